The van der Waals surface area contributed by atoms with Crippen LogP contribution < -0.4 is 30.2 Å². The van der Waals surface area contributed by atoms with Crippen molar-refractivity contribution in [3.8, 4) is 0 Å². The van der Waals surface area contributed by atoms with Crippen LogP contribution in [0, 0.1) is 0 Å². The first kappa shape index (κ1) is 47.4. The molecule has 0 bridgehead atoms. The fourth-order valence-corrected chi connectivity index (χ4v) is 9.04. The summed E-state index contributed by atoms with van der Waals surface area (Å²) in [5, 5.41) is 38.2. The van der Waals surface area contributed by atoms with Crippen LogP contribution in [0.1, 0.15) is 11.1 Å². The van der Waals surface area contributed by atoms with Gasteiger partial charge in [0.1, 0.15) is 4.90 Å². The number of ether oxygens (including phenoxy) is 2. The van der Waals surface area contributed by atoms with Gasteiger partial charge >= 0.3 is 0 Å². The molecule has 6 heterocycles. The van der Waals surface area contributed by atoms with Gasteiger partial charge < -0.3 is 49.9 Å². The summed E-state index contributed by atoms with van der Waals surface area (Å²) in [5.74, 6) is 2.41. The van der Waals surface area contributed by atoms with Crippen molar-refractivity contribution in [1.29, 1.82) is 0 Å². The third kappa shape index (κ3) is 12.5. The molecule has 0 atom stereocenters. The van der Waals surface area contributed by atoms with Gasteiger partial charge in [0.2, 0.25) is 35.7 Å². The SMILES string of the molecule is O=S(=O)(O)c1cc(Nc2nc(N3CCOCC3)nc(N3CCN(CCO)CC3)n2)ccc1C=Cc1ccc(Nc2nc(N3CCOCC3)nc(N3CCN(CCO)CC3)n2)cc1SOOO. The predicted molar refractivity (Wildman–Crippen MR) is 246 cm³/mol. The molecule has 4 aromatic rings. The van der Waals surface area contributed by atoms with Gasteiger partial charge in [-0.1, -0.05) is 29.3 Å². The van der Waals surface area contributed by atoms with Crippen molar-refractivity contribution < 1.29 is 47.3 Å². The highest BCUT2D eigenvalue weighted by Crippen LogP contribution is 2.32. The van der Waals surface area contributed by atoms with Crippen LogP contribution in [-0.2, 0) is 29.0 Å². The smallest absolute Gasteiger partial charge is 0.295 e. The topological polar surface area (TPSA) is 273 Å². The molecular formula is C40H54N14O10S2. The zero-order chi connectivity index (χ0) is 45.9. The number of aliphatic hydroxyl groups excluding tert-OH is 2. The number of aromatic nitrogens is 6. The minimum Gasteiger partial charge on any atom is -0.395 e. The van der Waals surface area contributed by atoms with E-state index < -0.39 is 10.1 Å². The van der Waals surface area contributed by atoms with Crippen molar-refractivity contribution in [2.45, 2.75) is 9.79 Å². The van der Waals surface area contributed by atoms with Crippen LogP contribution in [0.15, 0.2) is 46.2 Å². The van der Waals surface area contributed by atoms with E-state index in [9.17, 15) is 23.2 Å². The molecule has 0 amide bonds. The number of hydrogen-bond donors (Lipinski definition) is 6. The summed E-state index contributed by atoms with van der Waals surface area (Å²) in [6.45, 7) is 11.5. The Morgan fingerprint density at radius 1 is 0.606 bits per heavy atom. The van der Waals surface area contributed by atoms with Crippen molar-refractivity contribution >= 4 is 81.4 Å². The predicted octanol–water partition coefficient (Wildman–Crippen LogP) is 1.29. The summed E-state index contributed by atoms with van der Waals surface area (Å²) in [5.41, 5.74) is 1.59. The van der Waals surface area contributed by atoms with E-state index in [0.717, 1.165) is 26.2 Å². The number of β-amino-alcohol motifs (C(OH)–C–C–N with tert-alkyl or cyclic N) is 2. The van der Waals surface area contributed by atoms with Crippen LogP contribution in [0.25, 0.3) is 12.2 Å². The molecule has 0 unspecified atom stereocenters. The van der Waals surface area contributed by atoms with Crippen molar-refractivity contribution in [2.24, 2.45) is 0 Å². The molecule has 356 valence electrons. The minimum atomic E-state index is -4.74. The first-order valence-electron chi connectivity index (χ1n) is 21.6. The van der Waals surface area contributed by atoms with Crippen molar-refractivity contribution in [3.05, 3.63) is 47.5 Å². The molecule has 0 spiro atoms. The fraction of sp³-hybridized carbons (Fsp3) is 0.500. The second kappa shape index (κ2) is 22.6. The average molecular weight is 955 g/mol. The Labute approximate surface area is 386 Å². The lowest BCUT2D eigenvalue weighted by atomic mass is 10.1. The number of piperazine rings is 2. The second-order valence-electron chi connectivity index (χ2n) is 15.6. The van der Waals surface area contributed by atoms with Crippen LogP contribution in [0.3, 0.4) is 0 Å². The van der Waals surface area contributed by atoms with Gasteiger partial charge in [-0.3, -0.25) is 14.4 Å². The van der Waals surface area contributed by atoms with Crippen LogP contribution in [0.4, 0.5) is 47.1 Å². The van der Waals surface area contributed by atoms with Gasteiger partial charge in [0.25, 0.3) is 10.1 Å². The zero-order valence-corrected chi connectivity index (χ0v) is 37.8. The number of morpholine rings is 2. The van der Waals surface area contributed by atoms with Gasteiger partial charge in [-0.05, 0) is 35.4 Å². The molecule has 0 saturated carbocycles. The first-order chi connectivity index (χ1) is 32.1. The molecule has 0 radical (unpaired) electrons. The summed E-state index contributed by atoms with van der Waals surface area (Å²) >= 11 is 0.709. The Balaban J connectivity index is 1.03. The molecule has 4 aliphatic rings. The summed E-state index contributed by atoms with van der Waals surface area (Å²) in [6.07, 6.45) is 3.16. The largest absolute Gasteiger partial charge is 0.395 e. The second-order valence-corrected chi connectivity index (χ2v) is 17.7. The lowest BCUT2D eigenvalue weighted by Gasteiger charge is -2.35. The highest BCUT2D eigenvalue weighted by atomic mass is 32.2. The molecule has 66 heavy (non-hydrogen) atoms. The quantitative estimate of drug-likeness (QED) is 0.0270. The number of anilines is 8. The third-order valence-corrected chi connectivity index (χ3v) is 12.9. The maximum atomic E-state index is 12.9. The number of aliphatic hydroxyl groups is 2. The van der Waals surface area contributed by atoms with Crippen LogP contribution >= 0.6 is 12.0 Å². The Kier molecular flexibility index (Phi) is 16.2. The van der Waals surface area contributed by atoms with Crippen molar-refractivity contribution in [2.75, 3.05) is 162 Å². The van der Waals surface area contributed by atoms with Crippen LogP contribution in [-0.4, -0.2) is 199 Å². The maximum Gasteiger partial charge on any atom is 0.295 e. The third-order valence-electron chi connectivity index (χ3n) is 11.4. The normalized spacial score (nSPS) is 18.1. The lowest BCUT2D eigenvalue weighted by molar-refractivity contribution is -0.432. The van der Waals surface area contributed by atoms with Gasteiger partial charge in [-0.2, -0.15) is 38.3 Å². The summed E-state index contributed by atoms with van der Waals surface area (Å²) < 4.78 is 52.1. The van der Waals surface area contributed by atoms with Crippen molar-refractivity contribution in [1.82, 2.24) is 39.7 Å². The molecule has 4 fully saturated rings. The van der Waals surface area contributed by atoms with Crippen molar-refractivity contribution in [3.63, 3.8) is 0 Å². The van der Waals surface area contributed by atoms with E-state index in [1.807, 2.05) is 14.7 Å². The van der Waals surface area contributed by atoms with E-state index in [1.165, 1.54) is 12.1 Å². The van der Waals surface area contributed by atoms with Gasteiger partial charge in [-0.15, -0.1) is 4.33 Å². The standard InChI is InChI=1S/C40H54N14O10S2/c55-21-15-49-7-11-51(12-8-49)37-43-35(45-39(47-37)53-17-23-61-24-18-53)41-31-5-3-29(33(27-31)65-64-63-57)1-2-30-4-6-32(28-34(30)66(58,59)60)42-36-44-38(52-13-9-50(10-14-52)16-22-56)48-40(46-36)54-19-25-62-26-20-54/h1-6,27-28,55-57H,7-26H2,(H,58,59,60)(H,41,43,45,47)(H,42,44,46,48). The first-order valence-corrected chi connectivity index (χ1v) is 23.8. The Morgan fingerprint density at radius 3 is 1.47 bits per heavy atom. The van der Waals surface area contributed by atoms with E-state index >= 15 is 0 Å². The van der Waals surface area contributed by atoms with Gasteiger partial charge in [0.15, 0.2) is 0 Å². The number of hydrogen-bond acceptors (Lipinski definition) is 24. The number of nitrogens with one attached hydrogen (secondary N) is 2. The Morgan fingerprint density at radius 2 is 1.03 bits per heavy atom. The number of nitrogens with zero attached hydrogens (tertiary/aromatic N) is 12. The van der Waals surface area contributed by atoms with Crippen LogP contribution in [0.5, 0.6) is 0 Å². The van der Waals surface area contributed by atoms with E-state index in [-0.39, 0.29) is 29.6 Å². The molecule has 8 rings (SSSR count). The fourth-order valence-electron chi connectivity index (χ4n) is 7.82. The highest BCUT2D eigenvalue weighted by Gasteiger charge is 2.25. The lowest BCUT2D eigenvalue weighted by Crippen LogP contribution is -2.48. The molecule has 6 N–H and O–H groups in total. The monoisotopic (exact) mass is 954 g/mol. The summed E-state index contributed by atoms with van der Waals surface area (Å²) in [7, 11) is -4.74. The van der Waals surface area contributed by atoms with Gasteiger partial charge in [-0.25, -0.2) is 5.26 Å². The maximum absolute atomic E-state index is 12.9. The number of rotatable bonds is 18. The zero-order valence-electron chi connectivity index (χ0n) is 36.2. The summed E-state index contributed by atoms with van der Waals surface area (Å²) in [6, 6.07) is 9.72. The van der Waals surface area contributed by atoms with Gasteiger partial charge in [0, 0.05) is 108 Å². The molecule has 0 aliphatic carbocycles. The Bertz CT molecular complexity index is 2380. The summed E-state index contributed by atoms with van der Waals surface area (Å²) in [4.78, 5) is 41.1. The molecule has 4 aliphatic heterocycles. The molecular weight excluding hydrogens is 901 g/mol. The van der Waals surface area contributed by atoms with E-state index in [4.69, 9.17) is 44.0 Å². The van der Waals surface area contributed by atoms with E-state index in [2.05, 4.69) is 35.4 Å². The van der Waals surface area contributed by atoms with E-state index in [1.54, 1.807) is 36.4 Å². The molecule has 2 aromatic heterocycles. The van der Waals surface area contributed by atoms with Crippen LogP contribution in [0.2, 0.25) is 0 Å². The average Bonchev–Trinajstić information content (AvgIpc) is 3.34. The van der Waals surface area contributed by atoms with Gasteiger partial charge in [0.05, 0.1) is 51.7 Å². The molecule has 24 nitrogen and oxygen atoms in total. The molecule has 26 heteroatoms. The Hall–Kier alpha value is -5.10. The molecule has 4 saturated heterocycles. The molecule has 2 aromatic carbocycles. The highest BCUT2D eigenvalue weighted by molar-refractivity contribution is 7.94. The number of benzene rings is 2. The minimum absolute atomic E-state index is 0.0798. The van der Waals surface area contributed by atoms with E-state index in [0.29, 0.717) is 155 Å².